The predicted octanol–water partition coefficient (Wildman–Crippen LogP) is 4.03. The van der Waals surface area contributed by atoms with Crippen molar-refractivity contribution in [2.45, 2.75) is 38.8 Å². The second-order valence-corrected chi connectivity index (χ2v) is 11.4. The van der Waals surface area contributed by atoms with Gasteiger partial charge in [-0.15, -0.1) is 11.3 Å². The number of carbonyl (C=O) groups excluding carboxylic acids is 1. The van der Waals surface area contributed by atoms with Crippen LogP contribution in [0.1, 0.15) is 41.7 Å². The van der Waals surface area contributed by atoms with Crippen molar-refractivity contribution < 1.29 is 13.9 Å². The Labute approximate surface area is 223 Å². The van der Waals surface area contributed by atoms with E-state index in [1.54, 1.807) is 12.1 Å². The molecule has 11 heteroatoms. The number of hydrogen-bond acceptors (Lipinski definition) is 8. The lowest BCUT2D eigenvalue weighted by atomic mass is 9.95. The van der Waals surface area contributed by atoms with Crippen molar-refractivity contribution in [3.63, 3.8) is 0 Å². The second-order valence-electron chi connectivity index (χ2n) is 10.4. The maximum Gasteiger partial charge on any atom is 0.265 e. The summed E-state index contributed by atoms with van der Waals surface area (Å²) in [5, 5.41) is 7.36. The van der Waals surface area contributed by atoms with E-state index in [0.717, 1.165) is 16.8 Å². The van der Waals surface area contributed by atoms with Crippen LogP contribution in [-0.4, -0.2) is 55.1 Å². The third kappa shape index (κ3) is 4.56. The van der Waals surface area contributed by atoms with E-state index in [-0.39, 0.29) is 29.7 Å². The number of piperidine rings is 1. The standard InChI is InChI=1S/C27H28FN7O2S/c1-4-19-23(38-25(33-19)24-30-13-31-34-24)26(36)35-11-17-18(12-35)22(17)37-21-10-15(27(2,3)29)9-20(32-21)14-5-7-16(28)8-6-14/h5-10,13,17-18,22H,4,11-12,29H2,1-3H3,(H,30,31,34). The number of rotatable bonds is 7. The van der Waals surface area contributed by atoms with E-state index in [4.69, 9.17) is 15.5 Å². The van der Waals surface area contributed by atoms with Crippen molar-refractivity contribution in [2.75, 3.05) is 13.1 Å². The maximum absolute atomic E-state index is 13.5. The van der Waals surface area contributed by atoms with Crippen molar-refractivity contribution in [1.82, 2.24) is 30.0 Å². The number of carbonyl (C=O) groups is 1. The fraction of sp³-hybridized carbons (Fsp3) is 0.370. The summed E-state index contributed by atoms with van der Waals surface area (Å²) in [6, 6.07) is 10.0. The zero-order valence-corrected chi connectivity index (χ0v) is 22.1. The Morgan fingerprint density at radius 3 is 2.58 bits per heavy atom. The van der Waals surface area contributed by atoms with E-state index in [9.17, 15) is 9.18 Å². The minimum atomic E-state index is -0.602. The van der Waals surface area contributed by atoms with E-state index >= 15 is 0 Å². The number of benzene rings is 1. The van der Waals surface area contributed by atoms with Gasteiger partial charge in [-0.1, -0.05) is 6.92 Å². The number of amides is 1. The lowest BCUT2D eigenvalue weighted by molar-refractivity contribution is 0.0755. The van der Waals surface area contributed by atoms with Crippen molar-refractivity contribution in [3.05, 3.63) is 64.7 Å². The number of pyridine rings is 1. The molecular weight excluding hydrogens is 505 g/mol. The Balaban J connectivity index is 1.17. The SMILES string of the molecule is CCc1nc(-c2ncn[nH]2)sc1C(=O)N1CC2C(C1)C2Oc1cc(C(C)(C)N)cc(-c2ccc(F)cc2)n1. The summed E-state index contributed by atoms with van der Waals surface area (Å²) in [6.07, 6.45) is 2.08. The van der Waals surface area contributed by atoms with Crippen molar-refractivity contribution >= 4 is 17.2 Å². The molecule has 2 aliphatic rings. The zero-order chi connectivity index (χ0) is 26.6. The summed E-state index contributed by atoms with van der Waals surface area (Å²) in [4.78, 5) is 29.4. The number of aromatic amines is 1. The van der Waals surface area contributed by atoms with Crippen LogP contribution in [0.3, 0.4) is 0 Å². The second kappa shape index (κ2) is 9.25. The summed E-state index contributed by atoms with van der Waals surface area (Å²) < 4.78 is 19.8. The summed E-state index contributed by atoms with van der Waals surface area (Å²) in [7, 11) is 0. The number of nitrogens with one attached hydrogen (secondary N) is 1. The highest BCUT2D eigenvalue weighted by atomic mass is 32.1. The van der Waals surface area contributed by atoms with E-state index in [2.05, 4.69) is 20.2 Å². The summed E-state index contributed by atoms with van der Waals surface area (Å²) in [5.74, 6) is 1.25. The minimum absolute atomic E-state index is 0.000310. The summed E-state index contributed by atoms with van der Waals surface area (Å²) >= 11 is 1.35. The number of nitrogens with zero attached hydrogens (tertiary/aromatic N) is 5. The molecule has 1 aliphatic carbocycles. The fourth-order valence-electron chi connectivity index (χ4n) is 4.97. The molecule has 0 bridgehead atoms. The molecule has 1 aliphatic heterocycles. The number of ether oxygens (including phenoxy) is 1. The Hall–Kier alpha value is -3.70. The Kier molecular flexibility index (Phi) is 5.99. The van der Waals surface area contributed by atoms with Gasteiger partial charge < -0.3 is 15.4 Å². The van der Waals surface area contributed by atoms with Gasteiger partial charge in [0.05, 0.1) is 11.4 Å². The van der Waals surface area contributed by atoms with Gasteiger partial charge in [-0.25, -0.2) is 19.3 Å². The number of H-pyrrole nitrogens is 1. The average Bonchev–Trinajstić information content (AvgIpc) is 3.42. The smallest absolute Gasteiger partial charge is 0.265 e. The summed E-state index contributed by atoms with van der Waals surface area (Å²) in [6.45, 7) is 7.09. The molecule has 4 heterocycles. The van der Waals surface area contributed by atoms with Gasteiger partial charge in [0.1, 0.15) is 23.1 Å². The van der Waals surface area contributed by atoms with Gasteiger partial charge in [0.15, 0.2) is 10.8 Å². The number of aryl methyl sites for hydroxylation is 1. The number of aromatic nitrogens is 5. The van der Waals surface area contributed by atoms with Crippen LogP contribution >= 0.6 is 11.3 Å². The highest BCUT2D eigenvalue weighted by Crippen LogP contribution is 2.48. The molecule has 1 aromatic carbocycles. The molecule has 2 fully saturated rings. The third-order valence-electron chi connectivity index (χ3n) is 7.19. The van der Waals surface area contributed by atoms with Gasteiger partial charge in [-0.2, -0.15) is 5.10 Å². The number of thiazole rings is 1. The topological polar surface area (TPSA) is 123 Å². The highest BCUT2D eigenvalue weighted by molar-refractivity contribution is 7.17. The number of hydrogen-bond donors (Lipinski definition) is 2. The molecule has 38 heavy (non-hydrogen) atoms. The molecule has 3 aromatic heterocycles. The predicted molar refractivity (Wildman–Crippen MR) is 141 cm³/mol. The van der Waals surface area contributed by atoms with Crippen molar-refractivity contribution in [1.29, 1.82) is 0 Å². The van der Waals surface area contributed by atoms with Gasteiger partial charge in [-0.05, 0) is 56.2 Å². The molecule has 0 spiro atoms. The van der Waals surface area contributed by atoms with E-state index in [0.29, 0.717) is 46.8 Å². The fourth-order valence-corrected chi connectivity index (χ4v) is 6.04. The molecule has 1 amide bonds. The van der Waals surface area contributed by atoms with Crippen LogP contribution in [-0.2, 0) is 12.0 Å². The average molecular weight is 534 g/mol. The number of fused-ring (bicyclic) bond motifs is 1. The Morgan fingerprint density at radius 1 is 1.21 bits per heavy atom. The van der Waals surface area contributed by atoms with Crippen LogP contribution in [0.5, 0.6) is 5.88 Å². The van der Waals surface area contributed by atoms with Crippen LogP contribution in [0.25, 0.3) is 22.1 Å². The molecule has 4 aromatic rings. The Morgan fingerprint density at radius 2 is 1.95 bits per heavy atom. The summed E-state index contributed by atoms with van der Waals surface area (Å²) in [5.41, 5.74) is 8.92. The van der Waals surface area contributed by atoms with Gasteiger partial charge in [0, 0.05) is 42.1 Å². The van der Waals surface area contributed by atoms with Gasteiger partial charge in [0.25, 0.3) is 5.91 Å². The molecule has 2 unspecified atom stereocenters. The first kappa shape index (κ1) is 24.6. The monoisotopic (exact) mass is 533 g/mol. The van der Waals surface area contributed by atoms with Crippen LogP contribution in [0, 0.1) is 17.7 Å². The molecule has 3 N–H and O–H groups in total. The van der Waals surface area contributed by atoms with Crippen LogP contribution in [0.4, 0.5) is 4.39 Å². The number of halogens is 1. The molecule has 9 nitrogen and oxygen atoms in total. The Bertz CT molecular complexity index is 1470. The highest BCUT2D eigenvalue weighted by Gasteiger charge is 2.59. The molecule has 1 saturated heterocycles. The number of likely N-dealkylation sites (tertiary alicyclic amines) is 1. The normalized spacial score (nSPS) is 20.4. The molecule has 196 valence electrons. The maximum atomic E-state index is 13.5. The third-order valence-corrected chi connectivity index (χ3v) is 8.28. The van der Waals surface area contributed by atoms with Gasteiger partial charge in [0.2, 0.25) is 5.88 Å². The van der Waals surface area contributed by atoms with Crippen LogP contribution in [0.15, 0.2) is 42.7 Å². The first-order chi connectivity index (χ1) is 18.2. The van der Waals surface area contributed by atoms with Crippen LogP contribution in [0.2, 0.25) is 0 Å². The molecular formula is C27H28FN7O2S. The molecule has 6 rings (SSSR count). The molecule has 2 atom stereocenters. The first-order valence-corrected chi connectivity index (χ1v) is 13.4. The van der Waals surface area contributed by atoms with E-state index < -0.39 is 5.54 Å². The lowest BCUT2D eigenvalue weighted by Crippen LogP contribution is -2.33. The largest absolute Gasteiger partial charge is 0.474 e. The minimum Gasteiger partial charge on any atom is -0.474 e. The van der Waals surface area contributed by atoms with E-state index in [1.165, 1.54) is 29.8 Å². The quantitative estimate of drug-likeness (QED) is 0.368. The lowest BCUT2D eigenvalue weighted by Gasteiger charge is -2.22. The molecule has 0 radical (unpaired) electrons. The van der Waals surface area contributed by atoms with E-state index in [1.807, 2.05) is 37.8 Å². The van der Waals surface area contributed by atoms with Gasteiger partial charge in [-0.3, -0.25) is 9.89 Å². The van der Waals surface area contributed by atoms with Crippen molar-refractivity contribution in [2.24, 2.45) is 17.6 Å². The first-order valence-electron chi connectivity index (χ1n) is 12.6. The molecule has 1 saturated carbocycles. The van der Waals surface area contributed by atoms with Crippen LogP contribution < -0.4 is 10.5 Å². The zero-order valence-electron chi connectivity index (χ0n) is 21.3. The number of nitrogens with two attached hydrogens (primary N) is 1. The van der Waals surface area contributed by atoms with Crippen molar-refractivity contribution in [3.8, 4) is 28.0 Å². The van der Waals surface area contributed by atoms with Gasteiger partial charge >= 0.3 is 0 Å².